The van der Waals surface area contributed by atoms with Gasteiger partial charge >= 0.3 is 12.1 Å². The first-order chi connectivity index (χ1) is 10.2. The number of carboxylic acid groups (broad SMARTS) is 1. The number of rotatable bonds is 6. The van der Waals surface area contributed by atoms with Gasteiger partial charge in [-0.1, -0.05) is 6.07 Å². The molecule has 122 valence electrons. The Bertz CT molecular complexity index is 497. The van der Waals surface area contributed by atoms with E-state index in [0.717, 1.165) is 12.0 Å². The summed E-state index contributed by atoms with van der Waals surface area (Å²) in [6, 6.07) is 2.87. The van der Waals surface area contributed by atoms with Crippen molar-refractivity contribution >= 4 is 12.1 Å². The van der Waals surface area contributed by atoms with E-state index in [1.165, 1.54) is 11.8 Å². The lowest BCUT2D eigenvalue weighted by atomic mass is 10.1. The standard InChI is InChI=1S/C16H24N2O4/c1-12(14(19)20)18(15(21)22-16(2,3)4)10-6-8-13-7-5-9-17-11-13/h5,7,9,11-12H,6,8,10H2,1-4H3,(H,19,20)/t12-/m0/s1. The Morgan fingerprint density at radius 2 is 2.09 bits per heavy atom. The van der Waals surface area contributed by atoms with Crippen molar-refractivity contribution in [1.82, 2.24) is 9.88 Å². The van der Waals surface area contributed by atoms with Crippen molar-refractivity contribution in [2.45, 2.75) is 52.2 Å². The monoisotopic (exact) mass is 308 g/mol. The van der Waals surface area contributed by atoms with Gasteiger partial charge in [0.25, 0.3) is 0 Å². The molecule has 0 aliphatic carbocycles. The number of hydrogen-bond donors (Lipinski definition) is 1. The first kappa shape index (κ1) is 17.9. The highest BCUT2D eigenvalue weighted by Crippen LogP contribution is 2.13. The predicted octanol–water partition coefficient (Wildman–Crippen LogP) is 2.72. The number of ether oxygens (including phenoxy) is 1. The molecule has 0 saturated heterocycles. The molecule has 0 spiro atoms. The number of carbonyl (C=O) groups excluding carboxylic acids is 1. The molecule has 1 rings (SSSR count). The summed E-state index contributed by atoms with van der Waals surface area (Å²) in [6.07, 6.45) is 4.22. The van der Waals surface area contributed by atoms with Gasteiger partial charge in [-0.15, -0.1) is 0 Å². The van der Waals surface area contributed by atoms with E-state index in [2.05, 4.69) is 4.98 Å². The second kappa shape index (κ2) is 7.77. The third-order valence-electron chi connectivity index (χ3n) is 3.04. The summed E-state index contributed by atoms with van der Waals surface area (Å²) in [5, 5.41) is 9.16. The lowest BCUT2D eigenvalue weighted by Gasteiger charge is -2.29. The molecule has 22 heavy (non-hydrogen) atoms. The smallest absolute Gasteiger partial charge is 0.411 e. The number of nitrogens with zero attached hydrogens (tertiary/aromatic N) is 2. The second-order valence-corrected chi connectivity index (χ2v) is 6.15. The molecule has 1 atom stereocenters. The predicted molar refractivity (Wildman–Crippen MR) is 82.6 cm³/mol. The van der Waals surface area contributed by atoms with Crippen LogP contribution in [0.4, 0.5) is 4.79 Å². The molecule has 0 aliphatic heterocycles. The van der Waals surface area contributed by atoms with Crippen LogP contribution in [0.15, 0.2) is 24.5 Å². The molecule has 0 aromatic carbocycles. The lowest BCUT2D eigenvalue weighted by molar-refractivity contribution is -0.142. The zero-order valence-corrected chi connectivity index (χ0v) is 13.6. The van der Waals surface area contributed by atoms with Gasteiger partial charge in [0.2, 0.25) is 0 Å². The van der Waals surface area contributed by atoms with Crippen LogP contribution in [0, 0.1) is 0 Å². The minimum absolute atomic E-state index is 0.317. The van der Waals surface area contributed by atoms with Crippen LogP contribution >= 0.6 is 0 Å². The molecule has 0 aliphatic rings. The van der Waals surface area contributed by atoms with Gasteiger partial charge < -0.3 is 9.84 Å². The molecular formula is C16H24N2O4. The molecular weight excluding hydrogens is 284 g/mol. The second-order valence-electron chi connectivity index (χ2n) is 6.15. The molecule has 6 heteroatoms. The molecule has 1 aromatic rings. The Hall–Kier alpha value is -2.11. The Morgan fingerprint density at radius 1 is 1.41 bits per heavy atom. The van der Waals surface area contributed by atoms with E-state index in [1.807, 2.05) is 12.1 Å². The van der Waals surface area contributed by atoms with Gasteiger partial charge in [0.15, 0.2) is 0 Å². The van der Waals surface area contributed by atoms with Gasteiger partial charge in [0.05, 0.1) is 0 Å². The van der Waals surface area contributed by atoms with Crippen LogP contribution in [0.1, 0.15) is 39.7 Å². The summed E-state index contributed by atoms with van der Waals surface area (Å²) in [5.74, 6) is -1.05. The van der Waals surface area contributed by atoms with Gasteiger partial charge in [-0.25, -0.2) is 9.59 Å². The average molecular weight is 308 g/mol. The summed E-state index contributed by atoms with van der Waals surface area (Å²) < 4.78 is 5.29. The van der Waals surface area contributed by atoms with E-state index in [1.54, 1.807) is 33.2 Å². The minimum atomic E-state index is -1.05. The maximum absolute atomic E-state index is 12.2. The van der Waals surface area contributed by atoms with E-state index < -0.39 is 23.7 Å². The highest BCUT2D eigenvalue weighted by molar-refractivity contribution is 5.79. The van der Waals surface area contributed by atoms with Crippen LogP contribution in [-0.2, 0) is 16.0 Å². The third kappa shape index (κ3) is 6.11. The maximum Gasteiger partial charge on any atom is 0.411 e. The van der Waals surface area contributed by atoms with Crippen molar-refractivity contribution in [1.29, 1.82) is 0 Å². The van der Waals surface area contributed by atoms with E-state index in [-0.39, 0.29) is 0 Å². The van der Waals surface area contributed by atoms with Crippen LogP contribution in [0.25, 0.3) is 0 Å². The van der Waals surface area contributed by atoms with Crippen molar-refractivity contribution in [3.63, 3.8) is 0 Å². The van der Waals surface area contributed by atoms with Gasteiger partial charge in [-0.05, 0) is 52.2 Å². The van der Waals surface area contributed by atoms with Gasteiger partial charge in [-0.3, -0.25) is 9.88 Å². The van der Waals surface area contributed by atoms with Crippen LogP contribution in [-0.4, -0.2) is 45.2 Å². The molecule has 0 radical (unpaired) electrons. The number of aromatic nitrogens is 1. The van der Waals surface area contributed by atoms with Gasteiger partial charge in [0, 0.05) is 18.9 Å². The van der Waals surface area contributed by atoms with E-state index >= 15 is 0 Å². The molecule has 1 amide bonds. The van der Waals surface area contributed by atoms with Crippen LogP contribution in [0.5, 0.6) is 0 Å². The normalized spacial score (nSPS) is 12.5. The quantitative estimate of drug-likeness (QED) is 0.874. The molecule has 6 nitrogen and oxygen atoms in total. The van der Waals surface area contributed by atoms with Crippen molar-refractivity contribution in [3.05, 3.63) is 30.1 Å². The number of amides is 1. The Morgan fingerprint density at radius 3 is 2.59 bits per heavy atom. The first-order valence-corrected chi connectivity index (χ1v) is 7.32. The highest BCUT2D eigenvalue weighted by Gasteiger charge is 2.29. The van der Waals surface area contributed by atoms with Crippen LogP contribution < -0.4 is 0 Å². The number of hydrogen-bond acceptors (Lipinski definition) is 4. The van der Waals surface area contributed by atoms with E-state index in [0.29, 0.717) is 13.0 Å². The number of pyridine rings is 1. The number of aryl methyl sites for hydroxylation is 1. The summed E-state index contributed by atoms with van der Waals surface area (Å²) in [4.78, 5) is 28.6. The molecule has 1 aromatic heterocycles. The average Bonchev–Trinajstić information content (AvgIpc) is 2.42. The molecule has 1 heterocycles. The van der Waals surface area contributed by atoms with Crippen molar-refractivity contribution in [2.75, 3.05) is 6.54 Å². The van der Waals surface area contributed by atoms with Crippen molar-refractivity contribution in [2.24, 2.45) is 0 Å². The summed E-state index contributed by atoms with van der Waals surface area (Å²) in [6.45, 7) is 7.06. The number of aliphatic carboxylic acids is 1. The SMILES string of the molecule is C[C@@H](C(=O)O)N(CCCc1cccnc1)C(=O)OC(C)(C)C. The molecule has 0 bridgehead atoms. The molecule has 0 unspecified atom stereocenters. The van der Waals surface area contributed by atoms with Gasteiger partial charge in [-0.2, -0.15) is 0 Å². The molecule has 1 N–H and O–H groups in total. The zero-order valence-electron chi connectivity index (χ0n) is 13.6. The number of carbonyl (C=O) groups is 2. The largest absolute Gasteiger partial charge is 0.480 e. The fourth-order valence-electron chi connectivity index (χ4n) is 1.90. The summed E-state index contributed by atoms with van der Waals surface area (Å²) >= 11 is 0. The lowest BCUT2D eigenvalue weighted by Crippen LogP contribution is -2.46. The van der Waals surface area contributed by atoms with Crippen molar-refractivity contribution in [3.8, 4) is 0 Å². The van der Waals surface area contributed by atoms with Crippen LogP contribution in [0.2, 0.25) is 0 Å². The van der Waals surface area contributed by atoms with Crippen molar-refractivity contribution < 1.29 is 19.4 Å². The van der Waals surface area contributed by atoms with Gasteiger partial charge in [0.1, 0.15) is 11.6 Å². The minimum Gasteiger partial charge on any atom is -0.480 e. The Kier molecular flexibility index (Phi) is 6.34. The highest BCUT2D eigenvalue weighted by atomic mass is 16.6. The third-order valence-corrected chi connectivity index (χ3v) is 3.04. The maximum atomic E-state index is 12.2. The first-order valence-electron chi connectivity index (χ1n) is 7.32. The summed E-state index contributed by atoms with van der Waals surface area (Å²) in [5.41, 5.74) is 0.395. The fourth-order valence-corrected chi connectivity index (χ4v) is 1.90. The Labute approximate surface area is 131 Å². The topological polar surface area (TPSA) is 79.7 Å². The van der Waals surface area contributed by atoms with E-state index in [9.17, 15) is 9.59 Å². The zero-order chi connectivity index (χ0) is 16.8. The Balaban J connectivity index is 2.66. The molecule has 0 saturated carbocycles. The number of carboxylic acids is 1. The molecule has 0 fully saturated rings. The van der Waals surface area contributed by atoms with Crippen LogP contribution in [0.3, 0.4) is 0 Å². The fraction of sp³-hybridized carbons (Fsp3) is 0.562. The summed E-state index contributed by atoms with van der Waals surface area (Å²) in [7, 11) is 0. The van der Waals surface area contributed by atoms with E-state index in [4.69, 9.17) is 9.84 Å².